The van der Waals surface area contributed by atoms with Crippen molar-refractivity contribution in [1.29, 1.82) is 0 Å². The minimum atomic E-state index is -3.73. The number of aryl methyl sites for hydroxylation is 1. The summed E-state index contributed by atoms with van der Waals surface area (Å²) in [6.07, 6.45) is -0.499. The standard InChI is InChI=1S/C16H19NO5S2/c1-10-15(12-6-2-3-7-13(12)23-10)24(21,22)17-8-4-5-11(9-17)14(18)16(19)20/h2-3,6-7,11,14,18H,4-5,8-9H2,1H3,(H,19,20)/t11-,14+/m1/s1. The van der Waals surface area contributed by atoms with Gasteiger partial charge in [-0.2, -0.15) is 4.31 Å². The molecule has 2 atom stereocenters. The molecule has 0 amide bonds. The first kappa shape index (κ1) is 17.3. The van der Waals surface area contributed by atoms with Crippen LogP contribution >= 0.6 is 11.3 Å². The summed E-state index contributed by atoms with van der Waals surface area (Å²) in [6, 6.07) is 7.36. The summed E-state index contributed by atoms with van der Waals surface area (Å²) < 4.78 is 28.5. The van der Waals surface area contributed by atoms with Crippen molar-refractivity contribution in [2.45, 2.75) is 30.8 Å². The van der Waals surface area contributed by atoms with Gasteiger partial charge < -0.3 is 10.2 Å². The fourth-order valence-corrected chi connectivity index (χ4v) is 6.54. The molecule has 1 aliphatic heterocycles. The van der Waals surface area contributed by atoms with Crippen LogP contribution < -0.4 is 0 Å². The van der Waals surface area contributed by atoms with Gasteiger partial charge in [0.25, 0.3) is 0 Å². The Morgan fingerprint density at radius 1 is 1.38 bits per heavy atom. The summed E-state index contributed by atoms with van der Waals surface area (Å²) in [4.78, 5) is 12.0. The van der Waals surface area contributed by atoms with Crippen molar-refractivity contribution in [3.63, 3.8) is 0 Å². The van der Waals surface area contributed by atoms with E-state index in [1.807, 2.05) is 12.1 Å². The molecule has 0 unspecified atom stereocenters. The second-order valence-corrected chi connectivity index (χ2v) is 9.16. The van der Waals surface area contributed by atoms with Gasteiger partial charge in [-0.05, 0) is 25.8 Å². The van der Waals surface area contributed by atoms with Crippen LogP contribution in [0.1, 0.15) is 17.7 Å². The van der Waals surface area contributed by atoms with Crippen LogP contribution in [-0.2, 0) is 14.8 Å². The molecule has 0 bridgehead atoms. The first-order valence-electron chi connectivity index (χ1n) is 7.71. The lowest BCUT2D eigenvalue weighted by atomic mass is 9.94. The SMILES string of the molecule is Cc1sc2ccccc2c1S(=O)(=O)N1CCC[C@@H]([C@H](O)C(=O)O)C1. The number of carboxylic acid groups (broad SMARTS) is 1. The van der Waals surface area contributed by atoms with E-state index < -0.39 is 28.0 Å². The Hall–Kier alpha value is -1.48. The van der Waals surface area contributed by atoms with Crippen LogP contribution in [0.5, 0.6) is 0 Å². The van der Waals surface area contributed by atoms with Crippen molar-refractivity contribution in [2.75, 3.05) is 13.1 Å². The van der Waals surface area contributed by atoms with Gasteiger partial charge in [-0.25, -0.2) is 13.2 Å². The fourth-order valence-electron chi connectivity index (χ4n) is 3.25. The fraction of sp³-hybridized carbons (Fsp3) is 0.438. The third-order valence-electron chi connectivity index (χ3n) is 4.43. The predicted molar refractivity (Wildman–Crippen MR) is 91.7 cm³/mol. The summed E-state index contributed by atoms with van der Waals surface area (Å²) in [5, 5.41) is 19.4. The number of aliphatic carboxylic acids is 1. The molecule has 0 spiro atoms. The zero-order valence-electron chi connectivity index (χ0n) is 13.2. The van der Waals surface area contributed by atoms with Crippen molar-refractivity contribution in [3.05, 3.63) is 29.1 Å². The van der Waals surface area contributed by atoms with Crippen molar-refractivity contribution in [1.82, 2.24) is 4.31 Å². The lowest BCUT2D eigenvalue weighted by Gasteiger charge is -2.33. The largest absolute Gasteiger partial charge is 0.479 e. The monoisotopic (exact) mass is 369 g/mol. The number of carboxylic acids is 1. The van der Waals surface area contributed by atoms with Crippen LogP contribution in [0.3, 0.4) is 0 Å². The molecule has 0 radical (unpaired) electrons. The molecule has 1 aliphatic rings. The molecule has 0 saturated carbocycles. The average Bonchev–Trinajstić information content (AvgIpc) is 2.90. The number of thiophene rings is 1. The number of carbonyl (C=O) groups is 1. The van der Waals surface area contributed by atoms with Gasteiger partial charge in [0.05, 0.1) is 0 Å². The summed E-state index contributed by atoms with van der Waals surface area (Å²) in [5.41, 5.74) is 0. The lowest BCUT2D eigenvalue weighted by molar-refractivity contribution is -0.150. The highest BCUT2D eigenvalue weighted by Gasteiger charge is 2.37. The molecule has 6 nitrogen and oxygen atoms in total. The molecule has 2 aromatic rings. The number of hydrogen-bond acceptors (Lipinski definition) is 5. The van der Waals surface area contributed by atoms with Crippen LogP contribution in [0.15, 0.2) is 29.2 Å². The van der Waals surface area contributed by atoms with Gasteiger partial charge in [0.1, 0.15) is 4.90 Å². The van der Waals surface area contributed by atoms with Crippen molar-refractivity contribution >= 4 is 37.4 Å². The highest BCUT2D eigenvalue weighted by molar-refractivity contribution is 7.89. The van der Waals surface area contributed by atoms with Gasteiger partial charge in [0.15, 0.2) is 6.10 Å². The highest BCUT2D eigenvalue weighted by Crippen LogP contribution is 2.37. The Balaban J connectivity index is 1.98. The number of aliphatic hydroxyl groups excluding tert-OH is 1. The molecule has 1 aromatic carbocycles. The van der Waals surface area contributed by atoms with Gasteiger partial charge >= 0.3 is 5.97 Å². The number of piperidine rings is 1. The van der Waals surface area contributed by atoms with E-state index in [4.69, 9.17) is 5.11 Å². The summed E-state index contributed by atoms with van der Waals surface area (Å²) in [7, 11) is -3.73. The Bertz CT molecular complexity index is 874. The molecular formula is C16H19NO5S2. The number of benzene rings is 1. The number of nitrogens with zero attached hydrogens (tertiary/aromatic N) is 1. The van der Waals surface area contributed by atoms with Crippen molar-refractivity contribution in [2.24, 2.45) is 5.92 Å². The van der Waals surface area contributed by atoms with Crippen molar-refractivity contribution < 1.29 is 23.4 Å². The third-order valence-corrected chi connectivity index (χ3v) is 7.70. The first-order chi connectivity index (χ1) is 11.3. The summed E-state index contributed by atoms with van der Waals surface area (Å²) >= 11 is 1.43. The van der Waals surface area contributed by atoms with E-state index in [0.717, 1.165) is 9.58 Å². The van der Waals surface area contributed by atoms with E-state index in [2.05, 4.69) is 0 Å². The Labute approximate surface area is 144 Å². The normalized spacial score (nSPS) is 21.0. The molecule has 1 fully saturated rings. The van der Waals surface area contributed by atoms with E-state index in [1.165, 1.54) is 15.6 Å². The predicted octanol–water partition coefficient (Wildman–Crippen LogP) is 2.06. The Kier molecular flexibility index (Phi) is 4.65. The second-order valence-electron chi connectivity index (χ2n) is 6.03. The number of aliphatic hydroxyl groups is 1. The molecule has 2 N–H and O–H groups in total. The van der Waals surface area contributed by atoms with Crippen LogP contribution in [-0.4, -0.2) is 48.1 Å². The average molecular weight is 369 g/mol. The van der Waals surface area contributed by atoms with E-state index in [9.17, 15) is 18.3 Å². The molecule has 130 valence electrons. The molecule has 3 rings (SSSR count). The molecule has 0 aliphatic carbocycles. The molecule has 1 saturated heterocycles. The zero-order valence-corrected chi connectivity index (χ0v) is 14.8. The van der Waals surface area contributed by atoms with Crippen molar-refractivity contribution in [3.8, 4) is 0 Å². The maximum Gasteiger partial charge on any atom is 0.332 e. The third kappa shape index (κ3) is 2.95. The number of sulfonamides is 1. The number of rotatable bonds is 4. The van der Waals surface area contributed by atoms with Gasteiger partial charge in [0.2, 0.25) is 10.0 Å². The molecular weight excluding hydrogens is 350 g/mol. The van der Waals surface area contributed by atoms with E-state index in [-0.39, 0.29) is 6.54 Å². The van der Waals surface area contributed by atoms with Crippen LogP contribution in [0.2, 0.25) is 0 Å². The maximum atomic E-state index is 13.1. The van der Waals surface area contributed by atoms with E-state index in [1.54, 1.807) is 19.1 Å². The zero-order chi connectivity index (χ0) is 17.5. The van der Waals surface area contributed by atoms with E-state index >= 15 is 0 Å². The molecule has 8 heteroatoms. The van der Waals surface area contributed by atoms with E-state index in [0.29, 0.717) is 29.7 Å². The van der Waals surface area contributed by atoms with Gasteiger partial charge in [-0.3, -0.25) is 0 Å². The van der Waals surface area contributed by atoms with Gasteiger partial charge in [-0.15, -0.1) is 11.3 Å². The van der Waals surface area contributed by atoms with Crippen LogP contribution in [0, 0.1) is 12.8 Å². The summed E-state index contributed by atoms with van der Waals surface area (Å²) in [6.45, 7) is 2.15. The highest BCUT2D eigenvalue weighted by atomic mass is 32.2. The topological polar surface area (TPSA) is 94.9 Å². The number of hydrogen-bond donors (Lipinski definition) is 2. The molecule has 2 heterocycles. The van der Waals surface area contributed by atoms with Crippen LogP contribution in [0.4, 0.5) is 0 Å². The lowest BCUT2D eigenvalue weighted by Crippen LogP contribution is -2.45. The smallest absolute Gasteiger partial charge is 0.332 e. The molecule has 1 aromatic heterocycles. The maximum absolute atomic E-state index is 13.1. The van der Waals surface area contributed by atoms with Crippen LogP contribution in [0.25, 0.3) is 10.1 Å². The Morgan fingerprint density at radius 2 is 2.08 bits per heavy atom. The Morgan fingerprint density at radius 3 is 2.79 bits per heavy atom. The minimum Gasteiger partial charge on any atom is -0.479 e. The first-order valence-corrected chi connectivity index (χ1v) is 9.97. The number of fused-ring (bicyclic) bond motifs is 1. The quantitative estimate of drug-likeness (QED) is 0.860. The van der Waals surface area contributed by atoms with Gasteiger partial charge in [-0.1, -0.05) is 18.2 Å². The molecule has 24 heavy (non-hydrogen) atoms. The van der Waals surface area contributed by atoms with Gasteiger partial charge in [0, 0.05) is 34.0 Å². The second kappa shape index (κ2) is 6.44. The summed E-state index contributed by atoms with van der Waals surface area (Å²) in [5.74, 6) is -1.90. The minimum absolute atomic E-state index is 0.0272.